The van der Waals surface area contributed by atoms with Gasteiger partial charge in [0.25, 0.3) is 0 Å². The van der Waals surface area contributed by atoms with Gasteiger partial charge in [-0.1, -0.05) is 18.6 Å². The second-order valence-electron chi connectivity index (χ2n) is 4.80. The summed E-state index contributed by atoms with van der Waals surface area (Å²) in [5.74, 6) is 0. The highest BCUT2D eigenvalue weighted by Crippen LogP contribution is 2.27. The van der Waals surface area contributed by atoms with Crippen LogP contribution in [0.5, 0.6) is 0 Å². The molecule has 3 N–H and O–H groups in total. The van der Waals surface area contributed by atoms with Crippen molar-refractivity contribution in [1.82, 2.24) is 5.32 Å². The van der Waals surface area contributed by atoms with Gasteiger partial charge in [-0.15, -0.1) is 11.3 Å². The average Bonchev–Trinajstić information content (AvgIpc) is 2.68. The van der Waals surface area contributed by atoms with Crippen LogP contribution in [-0.2, 0) is 13.1 Å². The molecule has 0 amide bonds. The van der Waals surface area contributed by atoms with E-state index >= 15 is 0 Å². The van der Waals surface area contributed by atoms with E-state index < -0.39 is 0 Å². The number of thiophene rings is 1. The van der Waals surface area contributed by atoms with Gasteiger partial charge in [-0.2, -0.15) is 0 Å². The summed E-state index contributed by atoms with van der Waals surface area (Å²) in [6.45, 7) is 1.64. The van der Waals surface area contributed by atoms with E-state index in [0.29, 0.717) is 6.54 Å². The molecule has 3 rings (SSSR count). The smallest absolute Gasteiger partial charge is 0.0349 e. The average molecular weight is 246 g/mol. The van der Waals surface area contributed by atoms with E-state index in [1.165, 1.54) is 39.8 Å². The van der Waals surface area contributed by atoms with Crippen molar-refractivity contribution in [2.45, 2.75) is 38.4 Å². The molecule has 1 fully saturated rings. The molecule has 0 unspecified atom stereocenters. The Morgan fingerprint density at radius 3 is 2.88 bits per heavy atom. The van der Waals surface area contributed by atoms with Crippen molar-refractivity contribution in [2.75, 3.05) is 0 Å². The first-order valence-electron chi connectivity index (χ1n) is 6.30. The van der Waals surface area contributed by atoms with Gasteiger partial charge in [-0.3, -0.25) is 0 Å². The van der Waals surface area contributed by atoms with Gasteiger partial charge < -0.3 is 11.1 Å². The summed E-state index contributed by atoms with van der Waals surface area (Å²) in [4.78, 5) is 1.43. The monoisotopic (exact) mass is 246 g/mol. The second kappa shape index (κ2) is 4.77. The topological polar surface area (TPSA) is 38.0 Å². The molecule has 2 nitrogen and oxygen atoms in total. The van der Waals surface area contributed by atoms with Crippen LogP contribution in [0.15, 0.2) is 24.3 Å². The Bertz CT molecular complexity index is 514. The fourth-order valence-corrected chi connectivity index (χ4v) is 3.28. The first-order chi connectivity index (χ1) is 8.35. The van der Waals surface area contributed by atoms with Crippen molar-refractivity contribution in [3.8, 4) is 0 Å². The minimum Gasteiger partial charge on any atom is -0.326 e. The molecule has 0 saturated heterocycles. The largest absolute Gasteiger partial charge is 0.326 e. The molecule has 2 aromatic rings. The van der Waals surface area contributed by atoms with Crippen LogP contribution in [0.25, 0.3) is 10.1 Å². The van der Waals surface area contributed by atoms with Crippen molar-refractivity contribution >= 4 is 21.4 Å². The van der Waals surface area contributed by atoms with E-state index in [0.717, 1.165) is 12.6 Å². The predicted molar refractivity (Wildman–Crippen MR) is 74.2 cm³/mol. The molecule has 1 saturated carbocycles. The fraction of sp³-hybridized carbons (Fsp3) is 0.429. The van der Waals surface area contributed by atoms with Crippen LogP contribution in [0, 0.1) is 0 Å². The van der Waals surface area contributed by atoms with Gasteiger partial charge in [0.15, 0.2) is 0 Å². The summed E-state index contributed by atoms with van der Waals surface area (Å²) in [6.07, 6.45) is 4.09. The van der Waals surface area contributed by atoms with Crippen molar-refractivity contribution in [3.63, 3.8) is 0 Å². The Morgan fingerprint density at radius 1 is 1.29 bits per heavy atom. The second-order valence-corrected chi connectivity index (χ2v) is 5.97. The zero-order valence-corrected chi connectivity index (χ0v) is 10.7. The highest BCUT2D eigenvalue weighted by molar-refractivity contribution is 7.19. The third-order valence-electron chi connectivity index (χ3n) is 3.54. The van der Waals surface area contributed by atoms with E-state index in [1.54, 1.807) is 0 Å². The lowest BCUT2D eigenvalue weighted by Crippen LogP contribution is -2.34. The minimum atomic E-state index is 0.628. The van der Waals surface area contributed by atoms with Crippen LogP contribution in [0.4, 0.5) is 0 Å². The van der Waals surface area contributed by atoms with Crippen molar-refractivity contribution in [1.29, 1.82) is 0 Å². The number of fused-ring (bicyclic) bond motifs is 1. The standard InChI is InChI=1S/C14H18N2S/c15-8-10-4-5-11-7-13(17-14(11)6-10)9-16-12-2-1-3-12/h4-7,12,16H,1-3,8-9,15H2. The highest BCUT2D eigenvalue weighted by atomic mass is 32.1. The van der Waals surface area contributed by atoms with Crippen LogP contribution < -0.4 is 11.1 Å². The third-order valence-corrected chi connectivity index (χ3v) is 4.64. The van der Waals surface area contributed by atoms with Crippen molar-refractivity contribution in [2.24, 2.45) is 5.73 Å². The third kappa shape index (κ3) is 2.37. The van der Waals surface area contributed by atoms with Crippen LogP contribution in [0.2, 0.25) is 0 Å². The lowest BCUT2D eigenvalue weighted by molar-refractivity contribution is 0.339. The maximum Gasteiger partial charge on any atom is 0.0349 e. The quantitative estimate of drug-likeness (QED) is 0.870. The Morgan fingerprint density at radius 2 is 2.18 bits per heavy atom. The first kappa shape index (κ1) is 11.2. The summed E-state index contributed by atoms with van der Waals surface area (Å²) in [6, 6.07) is 9.58. The number of benzene rings is 1. The molecule has 0 spiro atoms. The summed E-state index contributed by atoms with van der Waals surface area (Å²) in [5, 5.41) is 4.96. The molecule has 17 heavy (non-hydrogen) atoms. The Labute approximate surface area is 106 Å². The molecular weight excluding hydrogens is 228 g/mol. The lowest BCUT2D eigenvalue weighted by atomic mass is 9.93. The Hall–Kier alpha value is -0.900. The summed E-state index contributed by atoms with van der Waals surface area (Å²) in [5.41, 5.74) is 6.88. The van der Waals surface area contributed by atoms with Gasteiger partial charge >= 0.3 is 0 Å². The molecule has 1 aromatic heterocycles. The number of nitrogens with two attached hydrogens (primary N) is 1. The van der Waals surface area contributed by atoms with Crippen LogP contribution in [-0.4, -0.2) is 6.04 Å². The number of hydrogen-bond donors (Lipinski definition) is 2. The van der Waals surface area contributed by atoms with E-state index in [2.05, 4.69) is 29.6 Å². The number of hydrogen-bond acceptors (Lipinski definition) is 3. The van der Waals surface area contributed by atoms with Crippen molar-refractivity contribution < 1.29 is 0 Å². The zero-order valence-electron chi connectivity index (χ0n) is 9.91. The Balaban J connectivity index is 1.75. The van der Waals surface area contributed by atoms with Gasteiger partial charge in [-0.25, -0.2) is 0 Å². The van der Waals surface area contributed by atoms with E-state index in [-0.39, 0.29) is 0 Å². The lowest BCUT2D eigenvalue weighted by Gasteiger charge is -2.26. The van der Waals surface area contributed by atoms with E-state index in [9.17, 15) is 0 Å². The zero-order chi connectivity index (χ0) is 11.7. The van der Waals surface area contributed by atoms with Gasteiger partial charge in [0, 0.05) is 28.7 Å². The molecule has 1 aliphatic carbocycles. The van der Waals surface area contributed by atoms with Crippen molar-refractivity contribution in [3.05, 3.63) is 34.7 Å². The normalized spacial score (nSPS) is 16.3. The maximum absolute atomic E-state index is 5.66. The molecule has 0 atom stereocenters. The number of rotatable bonds is 4. The molecule has 3 heteroatoms. The molecule has 1 aromatic carbocycles. The highest BCUT2D eigenvalue weighted by Gasteiger charge is 2.16. The Kier molecular flexibility index (Phi) is 3.14. The van der Waals surface area contributed by atoms with Gasteiger partial charge in [0.2, 0.25) is 0 Å². The molecule has 90 valence electrons. The SMILES string of the molecule is NCc1ccc2cc(CNC3CCC3)sc2c1. The van der Waals surface area contributed by atoms with Gasteiger partial charge in [-0.05, 0) is 35.9 Å². The van der Waals surface area contributed by atoms with Crippen LogP contribution in [0.3, 0.4) is 0 Å². The summed E-state index contributed by atoms with van der Waals surface area (Å²) < 4.78 is 1.36. The molecule has 0 bridgehead atoms. The molecular formula is C14H18N2S. The van der Waals surface area contributed by atoms with Gasteiger partial charge in [0.05, 0.1) is 0 Å². The first-order valence-corrected chi connectivity index (χ1v) is 7.11. The molecule has 0 aliphatic heterocycles. The van der Waals surface area contributed by atoms with E-state index in [4.69, 9.17) is 5.73 Å². The maximum atomic E-state index is 5.66. The van der Waals surface area contributed by atoms with Crippen LogP contribution >= 0.6 is 11.3 Å². The molecule has 0 radical (unpaired) electrons. The van der Waals surface area contributed by atoms with Crippen LogP contribution in [0.1, 0.15) is 29.7 Å². The fourth-order valence-electron chi connectivity index (χ4n) is 2.20. The van der Waals surface area contributed by atoms with E-state index in [1.807, 2.05) is 11.3 Å². The summed E-state index contributed by atoms with van der Waals surface area (Å²) in [7, 11) is 0. The number of nitrogens with one attached hydrogen (secondary N) is 1. The summed E-state index contributed by atoms with van der Waals surface area (Å²) >= 11 is 1.89. The molecule has 1 heterocycles. The minimum absolute atomic E-state index is 0.628. The van der Waals surface area contributed by atoms with Gasteiger partial charge in [0.1, 0.15) is 0 Å². The predicted octanol–water partition coefficient (Wildman–Crippen LogP) is 3.00. The molecule has 1 aliphatic rings.